The van der Waals surface area contributed by atoms with Crippen molar-refractivity contribution >= 4 is 23.4 Å². The molecule has 0 radical (unpaired) electrons. The maximum Gasteiger partial charge on any atom is 0.416 e. The van der Waals surface area contributed by atoms with E-state index in [0.717, 1.165) is 11.8 Å². The lowest BCUT2D eigenvalue weighted by Gasteiger charge is -2.25. The maximum atomic E-state index is 13.0. The molecule has 1 atom stereocenters. The zero-order valence-corrected chi connectivity index (χ0v) is 18.6. The highest BCUT2D eigenvalue weighted by molar-refractivity contribution is 7.99. The number of nitrogens with one attached hydrogen (secondary N) is 1. The summed E-state index contributed by atoms with van der Waals surface area (Å²) >= 11 is 0.901. The van der Waals surface area contributed by atoms with E-state index in [1.165, 1.54) is 0 Å². The van der Waals surface area contributed by atoms with Crippen molar-refractivity contribution in [3.05, 3.63) is 59.4 Å². The minimum absolute atomic E-state index is 0.0130. The summed E-state index contributed by atoms with van der Waals surface area (Å²) in [4.78, 5) is 12.3. The van der Waals surface area contributed by atoms with Crippen molar-refractivity contribution in [1.29, 1.82) is 0 Å². The van der Waals surface area contributed by atoms with Gasteiger partial charge in [0.25, 0.3) is 0 Å². The summed E-state index contributed by atoms with van der Waals surface area (Å²) in [5, 5.41) is 10.4. The fourth-order valence-electron chi connectivity index (χ4n) is 3.23. The molecular weight excluding hydrogens is 502 g/mol. The molecule has 186 valence electrons. The minimum atomic E-state index is -5.02. The van der Waals surface area contributed by atoms with E-state index in [4.69, 9.17) is 9.47 Å². The number of hydrogen-bond donors (Lipinski definition) is 1. The van der Waals surface area contributed by atoms with E-state index >= 15 is 0 Å². The van der Waals surface area contributed by atoms with E-state index in [-0.39, 0.29) is 23.6 Å². The average molecular weight is 518 g/mol. The number of aromatic nitrogens is 3. The lowest BCUT2D eigenvalue weighted by Crippen LogP contribution is -2.24. The highest BCUT2D eigenvalue weighted by Gasteiger charge is 2.37. The van der Waals surface area contributed by atoms with E-state index in [9.17, 15) is 31.1 Å². The summed E-state index contributed by atoms with van der Waals surface area (Å²) < 4.78 is 91.1. The molecule has 4 rings (SSSR count). The number of thioether (sulfide) groups is 1. The monoisotopic (exact) mass is 518 g/mol. The normalized spacial score (nSPS) is 15.7. The summed E-state index contributed by atoms with van der Waals surface area (Å²) in [6.07, 6.45) is -10.6. The van der Waals surface area contributed by atoms with Crippen LogP contribution in [-0.2, 0) is 24.2 Å². The van der Waals surface area contributed by atoms with Gasteiger partial charge in [0, 0.05) is 12.7 Å². The van der Waals surface area contributed by atoms with Crippen LogP contribution in [0.1, 0.15) is 23.1 Å². The second kappa shape index (κ2) is 9.32. The third-order valence-electron chi connectivity index (χ3n) is 4.87. The number of nitrogens with zero attached hydrogens (tertiary/aromatic N) is 3. The third kappa shape index (κ3) is 5.63. The van der Waals surface area contributed by atoms with Gasteiger partial charge in [-0.05, 0) is 30.3 Å². The van der Waals surface area contributed by atoms with Gasteiger partial charge in [-0.2, -0.15) is 26.3 Å². The molecule has 35 heavy (non-hydrogen) atoms. The molecule has 14 heteroatoms. The van der Waals surface area contributed by atoms with Gasteiger partial charge < -0.3 is 19.4 Å². The Morgan fingerprint density at radius 3 is 2.31 bits per heavy atom. The quantitative estimate of drug-likeness (QED) is 0.374. The van der Waals surface area contributed by atoms with Crippen molar-refractivity contribution in [2.24, 2.45) is 7.05 Å². The molecular formula is C21H16F6N4O3S. The molecule has 0 bridgehead atoms. The first kappa shape index (κ1) is 24.7. The number of hydrogen-bond acceptors (Lipinski definition) is 6. The fraction of sp³-hybridized carbons (Fsp3) is 0.286. The van der Waals surface area contributed by atoms with Crippen molar-refractivity contribution < 1.29 is 40.6 Å². The van der Waals surface area contributed by atoms with E-state index in [2.05, 4.69) is 15.5 Å². The highest BCUT2D eigenvalue weighted by Crippen LogP contribution is 2.38. The van der Waals surface area contributed by atoms with Crippen LogP contribution in [0.15, 0.2) is 47.6 Å². The average Bonchev–Trinajstić information content (AvgIpc) is 3.16. The van der Waals surface area contributed by atoms with Crippen molar-refractivity contribution in [2.75, 3.05) is 17.7 Å². The number of para-hydroxylation sites is 2. The van der Waals surface area contributed by atoms with Crippen LogP contribution in [0.2, 0.25) is 0 Å². The third-order valence-corrected chi connectivity index (χ3v) is 5.89. The molecule has 1 N–H and O–H groups in total. The van der Waals surface area contributed by atoms with E-state index in [1.807, 2.05) is 0 Å². The Hall–Kier alpha value is -3.42. The van der Waals surface area contributed by atoms with Crippen LogP contribution in [-0.4, -0.2) is 33.0 Å². The Kier molecular flexibility index (Phi) is 6.58. The second-order valence-electron chi connectivity index (χ2n) is 7.40. The van der Waals surface area contributed by atoms with Crippen molar-refractivity contribution in [1.82, 2.24) is 14.8 Å². The Morgan fingerprint density at radius 2 is 1.69 bits per heavy atom. The molecule has 0 fully saturated rings. The first-order valence-electron chi connectivity index (χ1n) is 9.91. The number of rotatable bonds is 5. The predicted molar refractivity (Wildman–Crippen MR) is 112 cm³/mol. The standard InChI is InChI=1S/C21H16F6N4O3S/c1-31-18(16-9-33-14-4-2-3-5-15(14)34-16)29-30-19(31)35-10-17(32)28-13-7-11(20(22,23)24)6-12(8-13)21(25,26)27/h2-8,16H,9-10H2,1H3,(H,28,32). The summed E-state index contributed by atoms with van der Waals surface area (Å²) in [5.74, 6) is 0.363. The van der Waals surface area contributed by atoms with Crippen LogP contribution in [0.3, 0.4) is 0 Å². The van der Waals surface area contributed by atoms with Gasteiger partial charge >= 0.3 is 12.4 Å². The molecule has 0 aliphatic carbocycles. The molecule has 1 aromatic heterocycles. The van der Waals surface area contributed by atoms with Gasteiger partial charge in [-0.15, -0.1) is 10.2 Å². The number of carbonyl (C=O) groups excluding carboxylic acids is 1. The molecule has 7 nitrogen and oxygen atoms in total. The number of halogens is 6. The number of anilines is 1. The number of alkyl halides is 6. The fourth-order valence-corrected chi connectivity index (χ4v) is 3.95. The number of carbonyl (C=O) groups is 1. The van der Waals surface area contributed by atoms with Crippen LogP contribution in [0.4, 0.5) is 32.0 Å². The SMILES string of the molecule is Cn1c(SCC(=O)Nc2cc(C(F)(F)F)cc(C(F)(F)F)c2)nnc1C1COc2ccccc2O1. The molecule has 1 amide bonds. The molecule has 1 aliphatic rings. The van der Waals surface area contributed by atoms with Gasteiger partial charge in [-0.1, -0.05) is 23.9 Å². The van der Waals surface area contributed by atoms with E-state index in [0.29, 0.717) is 29.5 Å². The molecule has 0 saturated carbocycles. The smallest absolute Gasteiger partial charge is 0.416 e. The summed E-state index contributed by atoms with van der Waals surface area (Å²) in [5.41, 5.74) is -3.67. The van der Waals surface area contributed by atoms with Gasteiger partial charge in [0.05, 0.1) is 16.9 Å². The molecule has 2 heterocycles. The Morgan fingerprint density at radius 1 is 1.06 bits per heavy atom. The lowest BCUT2D eigenvalue weighted by molar-refractivity contribution is -0.143. The van der Waals surface area contributed by atoms with E-state index in [1.54, 1.807) is 35.9 Å². The van der Waals surface area contributed by atoms with Crippen molar-refractivity contribution in [3.63, 3.8) is 0 Å². The predicted octanol–water partition coefficient (Wildman–Crippen LogP) is 5.10. The van der Waals surface area contributed by atoms with Crippen LogP contribution in [0, 0.1) is 0 Å². The second-order valence-corrected chi connectivity index (χ2v) is 8.34. The zero-order valence-electron chi connectivity index (χ0n) is 17.8. The van der Waals surface area contributed by atoms with Gasteiger partial charge in [0.15, 0.2) is 28.6 Å². The molecule has 1 unspecified atom stereocenters. The zero-order chi connectivity index (χ0) is 25.4. The highest BCUT2D eigenvalue weighted by atomic mass is 32.2. The minimum Gasteiger partial charge on any atom is -0.485 e. The van der Waals surface area contributed by atoms with Gasteiger partial charge in [0.1, 0.15) is 6.61 Å². The topological polar surface area (TPSA) is 78.3 Å². The first-order valence-corrected chi connectivity index (χ1v) is 10.9. The number of benzene rings is 2. The number of amides is 1. The van der Waals surface area contributed by atoms with Crippen molar-refractivity contribution in [2.45, 2.75) is 23.6 Å². The maximum absolute atomic E-state index is 13.0. The van der Waals surface area contributed by atoms with Crippen LogP contribution in [0.5, 0.6) is 11.5 Å². The van der Waals surface area contributed by atoms with Crippen molar-refractivity contribution in [3.8, 4) is 11.5 Å². The van der Waals surface area contributed by atoms with Crippen LogP contribution in [0.25, 0.3) is 0 Å². The Labute approximate surface area is 198 Å². The largest absolute Gasteiger partial charge is 0.485 e. The van der Waals surface area contributed by atoms with Gasteiger partial charge in [-0.25, -0.2) is 0 Å². The van der Waals surface area contributed by atoms with E-state index < -0.39 is 41.2 Å². The molecule has 2 aromatic carbocycles. The van der Waals surface area contributed by atoms with Crippen LogP contribution >= 0.6 is 11.8 Å². The summed E-state index contributed by atoms with van der Waals surface area (Å²) in [7, 11) is 1.63. The molecule has 0 spiro atoms. The molecule has 0 saturated heterocycles. The van der Waals surface area contributed by atoms with Gasteiger partial charge in [-0.3, -0.25) is 4.79 Å². The molecule has 3 aromatic rings. The summed E-state index contributed by atoms with van der Waals surface area (Å²) in [6, 6.07) is 7.94. The Balaban J connectivity index is 1.42. The number of ether oxygens (including phenoxy) is 2. The molecule has 1 aliphatic heterocycles. The first-order chi connectivity index (χ1) is 16.4. The number of fused-ring (bicyclic) bond motifs is 1. The van der Waals surface area contributed by atoms with Gasteiger partial charge in [0.2, 0.25) is 5.91 Å². The lowest BCUT2D eigenvalue weighted by atomic mass is 10.1. The Bertz CT molecular complexity index is 1210. The van der Waals surface area contributed by atoms with Crippen LogP contribution < -0.4 is 14.8 Å². The summed E-state index contributed by atoms with van der Waals surface area (Å²) in [6.45, 7) is 0.172.